The van der Waals surface area contributed by atoms with Crippen molar-refractivity contribution in [1.82, 2.24) is 0 Å². The van der Waals surface area contributed by atoms with Gasteiger partial charge in [-0.25, -0.2) is 0 Å². The molecular formula is C14H23NO. The lowest BCUT2D eigenvalue weighted by Gasteiger charge is -2.20. The number of aryl methyl sites for hydroxylation is 3. The third-order valence-electron chi connectivity index (χ3n) is 3.12. The first-order valence-electron chi connectivity index (χ1n) is 5.97. The molecule has 0 radical (unpaired) electrons. The average Bonchev–Trinajstić information content (AvgIpc) is 2.15. The lowest BCUT2D eigenvalue weighted by molar-refractivity contribution is 0.156. The predicted octanol–water partition coefficient (Wildman–Crippen LogP) is 2.77. The molecule has 90 valence electrons. The van der Waals surface area contributed by atoms with E-state index in [1.807, 2.05) is 6.92 Å². The first-order chi connectivity index (χ1) is 7.45. The molecule has 16 heavy (non-hydrogen) atoms. The molecule has 1 aromatic rings. The molecule has 0 bridgehead atoms. The Morgan fingerprint density at radius 3 is 2.12 bits per heavy atom. The van der Waals surface area contributed by atoms with E-state index in [4.69, 9.17) is 5.73 Å². The number of aliphatic hydroxyl groups is 1. The highest BCUT2D eigenvalue weighted by Gasteiger charge is 2.16. The SMILES string of the molecule is CCC(N)CC(O)c1c(C)cc(C)cc1C. The van der Waals surface area contributed by atoms with Crippen molar-refractivity contribution >= 4 is 0 Å². The minimum atomic E-state index is -0.435. The van der Waals surface area contributed by atoms with Gasteiger partial charge in [-0.3, -0.25) is 0 Å². The van der Waals surface area contributed by atoms with Crippen LogP contribution in [0.4, 0.5) is 0 Å². The highest BCUT2D eigenvalue weighted by atomic mass is 16.3. The van der Waals surface area contributed by atoms with E-state index >= 15 is 0 Å². The van der Waals surface area contributed by atoms with Crippen molar-refractivity contribution in [3.63, 3.8) is 0 Å². The maximum Gasteiger partial charge on any atom is 0.0809 e. The molecule has 2 unspecified atom stereocenters. The van der Waals surface area contributed by atoms with Crippen LogP contribution in [0.5, 0.6) is 0 Å². The summed E-state index contributed by atoms with van der Waals surface area (Å²) < 4.78 is 0. The molecule has 0 fully saturated rings. The van der Waals surface area contributed by atoms with Crippen LogP contribution >= 0.6 is 0 Å². The quantitative estimate of drug-likeness (QED) is 0.821. The highest BCUT2D eigenvalue weighted by Crippen LogP contribution is 2.26. The summed E-state index contributed by atoms with van der Waals surface area (Å²) in [6.45, 7) is 8.23. The molecule has 0 saturated carbocycles. The summed E-state index contributed by atoms with van der Waals surface area (Å²) >= 11 is 0. The minimum Gasteiger partial charge on any atom is -0.388 e. The molecule has 0 amide bonds. The van der Waals surface area contributed by atoms with Crippen molar-refractivity contribution in [2.45, 2.75) is 52.7 Å². The van der Waals surface area contributed by atoms with Gasteiger partial charge in [-0.2, -0.15) is 0 Å². The smallest absolute Gasteiger partial charge is 0.0809 e. The molecule has 0 spiro atoms. The second-order valence-electron chi connectivity index (χ2n) is 4.73. The average molecular weight is 221 g/mol. The predicted molar refractivity (Wildman–Crippen MR) is 68.5 cm³/mol. The Hall–Kier alpha value is -0.860. The Balaban J connectivity index is 2.95. The minimum absolute atomic E-state index is 0.0788. The number of hydrogen-bond acceptors (Lipinski definition) is 2. The lowest BCUT2D eigenvalue weighted by atomic mass is 9.92. The number of nitrogens with two attached hydrogens (primary N) is 1. The van der Waals surface area contributed by atoms with Crippen LogP contribution in [0.15, 0.2) is 12.1 Å². The fourth-order valence-corrected chi connectivity index (χ4v) is 2.29. The Bertz CT molecular complexity index is 337. The molecule has 2 nitrogen and oxygen atoms in total. The van der Waals surface area contributed by atoms with Crippen LogP contribution in [0, 0.1) is 20.8 Å². The molecule has 1 aromatic carbocycles. The van der Waals surface area contributed by atoms with Crippen LogP contribution in [0.2, 0.25) is 0 Å². The first kappa shape index (κ1) is 13.2. The third-order valence-corrected chi connectivity index (χ3v) is 3.12. The number of aliphatic hydroxyl groups excluding tert-OH is 1. The van der Waals surface area contributed by atoms with E-state index in [0.29, 0.717) is 6.42 Å². The second-order valence-corrected chi connectivity index (χ2v) is 4.73. The van der Waals surface area contributed by atoms with Gasteiger partial charge in [0, 0.05) is 6.04 Å². The van der Waals surface area contributed by atoms with Gasteiger partial charge in [0.1, 0.15) is 0 Å². The van der Waals surface area contributed by atoms with Gasteiger partial charge in [0.25, 0.3) is 0 Å². The molecule has 0 aliphatic heterocycles. The number of hydrogen-bond donors (Lipinski definition) is 2. The van der Waals surface area contributed by atoms with Gasteiger partial charge in [-0.15, -0.1) is 0 Å². The van der Waals surface area contributed by atoms with E-state index < -0.39 is 6.10 Å². The topological polar surface area (TPSA) is 46.2 Å². The van der Waals surface area contributed by atoms with Crippen LogP contribution in [-0.4, -0.2) is 11.1 Å². The Morgan fingerprint density at radius 1 is 1.19 bits per heavy atom. The van der Waals surface area contributed by atoms with Gasteiger partial charge >= 0.3 is 0 Å². The maximum absolute atomic E-state index is 10.2. The zero-order chi connectivity index (χ0) is 12.3. The summed E-state index contributed by atoms with van der Waals surface area (Å²) in [5, 5.41) is 10.2. The lowest BCUT2D eigenvalue weighted by Crippen LogP contribution is -2.22. The molecule has 0 saturated heterocycles. The molecule has 0 aromatic heterocycles. The zero-order valence-corrected chi connectivity index (χ0v) is 10.7. The van der Waals surface area contributed by atoms with Gasteiger partial charge in [0.15, 0.2) is 0 Å². The van der Waals surface area contributed by atoms with Crippen LogP contribution < -0.4 is 5.73 Å². The summed E-state index contributed by atoms with van der Waals surface area (Å²) in [6, 6.07) is 4.31. The Labute approximate surface area is 98.5 Å². The van der Waals surface area contributed by atoms with E-state index in [-0.39, 0.29) is 6.04 Å². The number of rotatable bonds is 4. The van der Waals surface area contributed by atoms with E-state index in [1.165, 1.54) is 5.56 Å². The van der Waals surface area contributed by atoms with Crippen LogP contribution in [0.1, 0.15) is 48.1 Å². The molecule has 0 heterocycles. The van der Waals surface area contributed by atoms with Gasteiger partial charge in [-0.1, -0.05) is 24.6 Å². The standard InChI is InChI=1S/C14H23NO/c1-5-12(15)8-13(16)14-10(3)6-9(2)7-11(14)4/h6-7,12-13,16H,5,8,15H2,1-4H3. The molecule has 0 aliphatic carbocycles. The van der Waals surface area contributed by atoms with Gasteiger partial charge in [0.05, 0.1) is 6.10 Å². The van der Waals surface area contributed by atoms with Crippen molar-refractivity contribution in [3.8, 4) is 0 Å². The second kappa shape index (κ2) is 5.46. The summed E-state index contributed by atoms with van der Waals surface area (Å²) in [5.41, 5.74) is 10.5. The van der Waals surface area contributed by atoms with Crippen molar-refractivity contribution < 1.29 is 5.11 Å². The molecule has 1 rings (SSSR count). The fraction of sp³-hybridized carbons (Fsp3) is 0.571. The van der Waals surface area contributed by atoms with Gasteiger partial charge < -0.3 is 10.8 Å². The largest absolute Gasteiger partial charge is 0.388 e. The van der Waals surface area contributed by atoms with Gasteiger partial charge in [-0.05, 0) is 50.3 Å². The van der Waals surface area contributed by atoms with E-state index in [1.54, 1.807) is 0 Å². The van der Waals surface area contributed by atoms with Crippen molar-refractivity contribution in [3.05, 3.63) is 34.4 Å². The van der Waals surface area contributed by atoms with Gasteiger partial charge in [0.2, 0.25) is 0 Å². The molecule has 2 heteroatoms. The van der Waals surface area contributed by atoms with E-state index in [2.05, 4.69) is 32.9 Å². The maximum atomic E-state index is 10.2. The van der Waals surface area contributed by atoms with Crippen molar-refractivity contribution in [2.75, 3.05) is 0 Å². The van der Waals surface area contributed by atoms with Crippen LogP contribution in [0.25, 0.3) is 0 Å². The monoisotopic (exact) mass is 221 g/mol. The van der Waals surface area contributed by atoms with Crippen molar-refractivity contribution in [1.29, 1.82) is 0 Å². The third kappa shape index (κ3) is 3.06. The summed E-state index contributed by atoms with van der Waals surface area (Å²) in [7, 11) is 0. The summed E-state index contributed by atoms with van der Waals surface area (Å²) in [4.78, 5) is 0. The molecule has 0 aliphatic rings. The fourth-order valence-electron chi connectivity index (χ4n) is 2.29. The molecular weight excluding hydrogens is 198 g/mol. The zero-order valence-electron chi connectivity index (χ0n) is 10.7. The Morgan fingerprint density at radius 2 is 1.69 bits per heavy atom. The van der Waals surface area contributed by atoms with Crippen molar-refractivity contribution in [2.24, 2.45) is 5.73 Å². The number of benzene rings is 1. The van der Waals surface area contributed by atoms with E-state index in [9.17, 15) is 5.11 Å². The summed E-state index contributed by atoms with van der Waals surface area (Å²) in [6.07, 6.45) is 1.11. The Kier molecular flexibility index (Phi) is 4.51. The molecule has 2 atom stereocenters. The van der Waals surface area contributed by atoms with Crippen LogP contribution in [0.3, 0.4) is 0 Å². The van der Waals surface area contributed by atoms with E-state index in [0.717, 1.165) is 23.1 Å². The summed E-state index contributed by atoms with van der Waals surface area (Å²) in [5.74, 6) is 0. The highest BCUT2D eigenvalue weighted by molar-refractivity contribution is 5.38. The van der Waals surface area contributed by atoms with Crippen LogP contribution in [-0.2, 0) is 0 Å². The first-order valence-corrected chi connectivity index (χ1v) is 5.97. The molecule has 3 N–H and O–H groups in total. The normalized spacial score (nSPS) is 14.9.